The van der Waals surface area contributed by atoms with Gasteiger partial charge in [-0.1, -0.05) is 30.3 Å². The van der Waals surface area contributed by atoms with Crippen LogP contribution in [0.5, 0.6) is 5.75 Å². The zero-order valence-corrected chi connectivity index (χ0v) is 25.7. The normalized spacial score (nSPS) is 16.9. The number of carbonyl (C=O) groups is 1. The fourth-order valence-electron chi connectivity index (χ4n) is 5.71. The van der Waals surface area contributed by atoms with Crippen molar-refractivity contribution >= 4 is 53.9 Å². The largest absolute Gasteiger partial charge is 0.497 e. The molecule has 1 amide bonds. The van der Waals surface area contributed by atoms with E-state index in [1.807, 2.05) is 18.2 Å². The molecule has 2 heterocycles. The van der Waals surface area contributed by atoms with Gasteiger partial charge >= 0.3 is 0 Å². The van der Waals surface area contributed by atoms with E-state index in [1.165, 1.54) is 34.7 Å². The number of rotatable bonds is 8. The number of hydrogen-bond donors (Lipinski definition) is 2. The maximum absolute atomic E-state index is 12.7. The number of nitrogens with zero attached hydrogens (tertiary/aromatic N) is 2. The van der Waals surface area contributed by atoms with Crippen LogP contribution in [0.4, 0.5) is 0 Å². The molecule has 3 aromatic carbocycles. The minimum atomic E-state index is -0.0218. The molecule has 0 bridgehead atoms. The Hall–Kier alpha value is -2.06. The number of piperidine rings is 2. The molecule has 0 aromatic heterocycles. The summed E-state index contributed by atoms with van der Waals surface area (Å²) >= 11 is 0. The van der Waals surface area contributed by atoms with Gasteiger partial charge in [0.15, 0.2) is 0 Å². The number of fused-ring (bicyclic) bond motifs is 1. The number of carbonyl (C=O) groups excluding carboxylic acids is 1. The van der Waals surface area contributed by atoms with E-state index in [9.17, 15) is 4.79 Å². The summed E-state index contributed by atoms with van der Waals surface area (Å²) in [6.45, 7) is 7.06. The van der Waals surface area contributed by atoms with E-state index in [2.05, 4.69) is 51.5 Å². The lowest BCUT2D eigenvalue weighted by atomic mass is 9.96. The molecule has 0 spiro atoms. The molecule has 6 nitrogen and oxygen atoms in total. The maximum Gasteiger partial charge on any atom is 0.251 e. The molecular weight excluding hydrogens is 567 g/mol. The van der Waals surface area contributed by atoms with Gasteiger partial charge in [0.25, 0.3) is 5.91 Å². The Morgan fingerprint density at radius 1 is 0.825 bits per heavy atom. The Bertz CT molecular complexity index is 1210. The predicted octanol–water partition coefficient (Wildman–Crippen LogP) is 5.68. The zero-order valence-electron chi connectivity index (χ0n) is 23.2. The van der Waals surface area contributed by atoms with E-state index >= 15 is 0 Å². The first-order valence-electron chi connectivity index (χ1n) is 13.7. The molecule has 0 atom stereocenters. The zero-order chi connectivity index (χ0) is 25.6. The van der Waals surface area contributed by atoms with Gasteiger partial charge in [-0.15, -0.1) is 37.2 Å². The van der Waals surface area contributed by atoms with Gasteiger partial charge in [-0.05, 0) is 103 Å². The highest BCUT2D eigenvalue weighted by molar-refractivity contribution is 5.94. The van der Waals surface area contributed by atoms with Gasteiger partial charge in [0, 0.05) is 37.8 Å². The average Bonchev–Trinajstić information content (AvgIpc) is 2.94. The first-order valence-corrected chi connectivity index (χ1v) is 13.7. The summed E-state index contributed by atoms with van der Waals surface area (Å²) in [7, 11) is 1.62. The van der Waals surface area contributed by atoms with Crippen LogP contribution in [0, 0.1) is 5.92 Å². The summed E-state index contributed by atoms with van der Waals surface area (Å²) in [5.74, 6) is 1.38. The first-order chi connectivity index (χ1) is 18.1. The summed E-state index contributed by atoms with van der Waals surface area (Å²) < 4.78 is 5.25. The lowest BCUT2D eigenvalue weighted by molar-refractivity contribution is 0.0908. The fraction of sp³-hybridized carbons (Fsp3) is 0.452. The fourth-order valence-corrected chi connectivity index (χ4v) is 5.71. The Balaban J connectivity index is 0.00000187. The molecule has 0 aliphatic carbocycles. The molecule has 9 heteroatoms. The molecule has 2 saturated heterocycles. The van der Waals surface area contributed by atoms with E-state index in [-0.39, 0.29) is 49.2 Å². The number of nitrogens with two attached hydrogens (primary N) is 1. The topological polar surface area (TPSA) is 70.8 Å². The van der Waals surface area contributed by atoms with Gasteiger partial charge in [0.1, 0.15) is 5.75 Å². The van der Waals surface area contributed by atoms with Crippen molar-refractivity contribution in [3.8, 4) is 5.75 Å². The van der Waals surface area contributed by atoms with Crippen LogP contribution < -0.4 is 15.8 Å². The Labute approximate surface area is 257 Å². The van der Waals surface area contributed by atoms with Crippen LogP contribution in [-0.2, 0) is 13.1 Å². The van der Waals surface area contributed by atoms with Gasteiger partial charge in [-0.2, -0.15) is 0 Å². The van der Waals surface area contributed by atoms with E-state index < -0.39 is 0 Å². The van der Waals surface area contributed by atoms with E-state index in [4.69, 9.17) is 10.5 Å². The molecule has 0 radical (unpaired) electrons. The summed E-state index contributed by atoms with van der Waals surface area (Å²) in [5.41, 5.74) is 9.26. The Kier molecular flexibility index (Phi) is 14.0. The summed E-state index contributed by atoms with van der Waals surface area (Å²) in [5, 5.41) is 5.83. The predicted molar refractivity (Wildman–Crippen MR) is 172 cm³/mol. The molecule has 0 saturated carbocycles. The number of likely N-dealkylation sites (tertiary alicyclic amines) is 2. The SMILES string of the molecule is COc1cccc(C(=O)NC2CCN(Cc3ccc4ccc(CN5CCC(CN)CC5)cc4c3)CC2)c1.Cl.Cl.Cl. The van der Waals surface area contributed by atoms with Crippen molar-refractivity contribution < 1.29 is 9.53 Å². The number of nitrogens with one attached hydrogen (secondary N) is 1. The van der Waals surface area contributed by atoms with Crippen LogP contribution in [0.3, 0.4) is 0 Å². The number of methoxy groups -OCH3 is 1. The summed E-state index contributed by atoms with van der Waals surface area (Å²) in [6, 6.07) is 21.3. The third-order valence-electron chi connectivity index (χ3n) is 8.08. The molecule has 0 unspecified atom stereocenters. The lowest BCUT2D eigenvalue weighted by Gasteiger charge is -2.32. The second-order valence-corrected chi connectivity index (χ2v) is 10.7. The van der Waals surface area contributed by atoms with Crippen LogP contribution in [0.25, 0.3) is 10.8 Å². The molecule has 40 heavy (non-hydrogen) atoms. The van der Waals surface area contributed by atoms with Crippen LogP contribution in [0.2, 0.25) is 0 Å². The Morgan fingerprint density at radius 3 is 1.95 bits per heavy atom. The second kappa shape index (κ2) is 16.4. The van der Waals surface area contributed by atoms with E-state index in [0.717, 1.165) is 58.7 Å². The van der Waals surface area contributed by atoms with Gasteiger partial charge in [-0.25, -0.2) is 0 Å². The van der Waals surface area contributed by atoms with Gasteiger partial charge in [-0.3, -0.25) is 14.6 Å². The van der Waals surface area contributed by atoms with Gasteiger partial charge in [0.2, 0.25) is 0 Å². The highest BCUT2D eigenvalue weighted by Gasteiger charge is 2.22. The highest BCUT2D eigenvalue weighted by Crippen LogP contribution is 2.23. The average molecular weight is 610 g/mol. The van der Waals surface area contributed by atoms with Crippen molar-refractivity contribution in [3.63, 3.8) is 0 Å². The van der Waals surface area contributed by atoms with Crippen LogP contribution in [0.1, 0.15) is 47.2 Å². The molecule has 220 valence electrons. The molecule has 3 N–H and O–H groups in total. The smallest absolute Gasteiger partial charge is 0.251 e. The third kappa shape index (κ3) is 8.97. The van der Waals surface area contributed by atoms with Crippen LogP contribution in [0.15, 0.2) is 60.7 Å². The molecule has 3 aromatic rings. The number of hydrogen-bond acceptors (Lipinski definition) is 5. The highest BCUT2D eigenvalue weighted by atomic mass is 35.5. The first kappa shape index (κ1) is 34.1. The number of amides is 1. The van der Waals surface area contributed by atoms with Crippen LogP contribution in [-0.4, -0.2) is 61.6 Å². The van der Waals surface area contributed by atoms with Crippen molar-refractivity contribution in [1.82, 2.24) is 15.1 Å². The molecular formula is C31H43Cl3N4O2. The third-order valence-corrected chi connectivity index (χ3v) is 8.08. The van der Waals surface area contributed by atoms with E-state index in [1.54, 1.807) is 13.2 Å². The Morgan fingerprint density at radius 2 is 1.40 bits per heavy atom. The standard InChI is InChI=1S/C31H40N4O2.3ClH/c1-37-30-4-2-3-27(19-30)31(36)33-29-11-15-35(16-12-29)22-25-6-8-26-7-5-24(17-28(26)18-25)21-34-13-9-23(20-32)10-14-34;;;/h2-8,17-19,23,29H,9-16,20-22,32H2,1H3,(H,33,36);3*1H. The summed E-state index contributed by atoms with van der Waals surface area (Å²) in [6.07, 6.45) is 4.37. The van der Waals surface area contributed by atoms with Crippen molar-refractivity contribution in [1.29, 1.82) is 0 Å². The van der Waals surface area contributed by atoms with Gasteiger partial charge < -0.3 is 15.8 Å². The minimum absolute atomic E-state index is 0. The van der Waals surface area contributed by atoms with Gasteiger partial charge in [0.05, 0.1) is 7.11 Å². The maximum atomic E-state index is 12.7. The van der Waals surface area contributed by atoms with Crippen molar-refractivity contribution in [2.45, 2.75) is 44.8 Å². The van der Waals surface area contributed by atoms with Crippen molar-refractivity contribution in [3.05, 3.63) is 77.4 Å². The number of halogens is 3. The molecule has 2 aliphatic rings. The molecule has 2 fully saturated rings. The molecule has 5 rings (SSSR count). The summed E-state index contributed by atoms with van der Waals surface area (Å²) in [4.78, 5) is 17.7. The number of benzene rings is 3. The quantitative estimate of drug-likeness (QED) is 0.344. The molecule has 2 aliphatic heterocycles. The minimum Gasteiger partial charge on any atom is -0.497 e. The van der Waals surface area contributed by atoms with Crippen LogP contribution >= 0.6 is 37.2 Å². The van der Waals surface area contributed by atoms with Crippen molar-refractivity contribution in [2.24, 2.45) is 11.7 Å². The number of ether oxygens (including phenoxy) is 1. The second-order valence-electron chi connectivity index (χ2n) is 10.7. The monoisotopic (exact) mass is 608 g/mol. The van der Waals surface area contributed by atoms with Crippen molar-refractivity contribution in [2.75, 3.05) is 39.8 Å². The van der Waals surface area contributed by atoms with E-state index in [0.29, 0.717) is 17.2 Å². The lowest BCUT2D eigenvalue weighted by Crippen LogP contribution is -2.44.